The Morgan fingerprint density at radius 1 is 1.67 bits per heavy atom. The first-order valence-corrected chi connectivity index (χ1v) is 4.79. The SMILES string of the molecule is C#CCC(CC)NC(=O)c1ccnnc1. The van der Waals surface area contributed by atoms with Crippen LogP contribution in [0.1, 0.15) is 30.1 Å². The van der Waals surface area contributed by atoms with Crippen molar-refractivity contribution in [3.8, 4) is 12.3 Å². The van der Waals surface area contributed by atoms with Crippen molar-refractivity contribution in [3.63, 3.8) is 0 Å². The van der Waals surface area contributed by atoms with Crippen LogP contribution >= 0.6 is 0 Å². The Balaban J connectivity index is 2.59. The minimum atomic E-state index is -0.160. The van der Waals surface area contributed by atoms with Gasteiger partial charge in [-0.3, -0.25) is 4.79 Å². The molecule has 15 heavy (non-hydrogen) atoms. The predicted molar refractivity (Wildman–Crippen MR) is 57.0 cm³/mol. The Morgan fingerprint density at radius 2 is 2.47 bits per heavy atom. The fraction of sp³-hybridized carbons (Fsp3) is 0.364. The van der Waals surface area contributed by atoms with Crippen molar-refractivity contribution in [1.82, 2.24) is 15.5 Å². The van der Waals surface area contributed by atoms with Crippen molar-refractivity contribution in [2.75, 3.05) is 0 Å². The van der Waals surface area contributed by atoms with Gasteiger partial charge in [-0.1, -0.05) is 6.92 Å². The Morgan fingerprint density at radius 3 is 3.00 bits per heavy atom. The van der Waals surface area contributed by atoms with E-state index in [4.69, 9.17) is 6.42 Å². The lowest BCUT2D eigenvalue weighted by atomic mass is 10.1. The molecule has 78 valence electrons. The van der Waals surface area contributed by atoms with Crippen LogP contribution in [0.5, 0.6) is 0 Å². The molecule has 0 aliphatic carbocycles. The average molecular weight is 203 g/mol. The molecule has 0 aromatic carbocycles. The number of nitrogens with one attached hydrogen (secondary N) is 1. The number of hydrogen-bond acceptors (Lipinski definition) is 3. The monoisotopic (exact) mass is 203 g/mol. The molecule has 1 heterocycles. The molecule has 1 aromatic rings. The molecule has 0 fully saturated rings. The van der Waals surface area contributed by atoms with Crippen LogP contribution in [-0.2, 0) is 0 Å². The zero-order valence-electron chi connectivity index (χ0n) is 8.60. The zero-order chi connectivity index (χ0) is 11.1. The Kier molecular flexibility index (Phi) is 4.30. The number of aromatic nitrogens is 2. The lowest BCUT2D eigenvalue weighted by Crippen LogP contribution is -2.34. The maximum absolute atomic E-state index is 11.6. The summed E-state index contributed by atoms with van der Waals surface area (Å²) < 4.78 is 0. The van der Waals surface area contributed by atoms with Gasteiger partial charge in [-0.2, -0.15) is 10.2 Å². The van der Waals surface area contributed by atoms with Gasteiger partial charge < -0.3 is 5.32 Å². The molecule has 1 unspecified atom stereocenters. The average Bonchev–Trinajstić information content (AvgIpc) is 2.29. The summed E-state index contributed by atoms with van der Waals surface area (Å²) >= 11 is 0. The van der Waals surface area contributed by atoms with Crippen LogP contribution in [0.25, 0.3) is 0 Å². The van der Waals surface area contributed by atoms with Crippen LogP contribution < -0.4 is 5.32 Å². The molecule has 0 aliphatic heterocycles. The number of nitrogens with zero attached hydrogens (tertiary/aromatic N) is 2. The first-order chi connectivity index (χ1) is 7.27. The minimum absolute atomic E-state index is 0.0238. The smallest absolute Gasteiger partial charge is 0.253 e. The summed E-state index contributed by atoms with van der Waals surface area (Å²) in [5, 5.41) is 10.1. The van der Waals surface area contributed by atoms with Crippen molar-refractivity contribution in [2.24, 2.45) is 0 Å². The number of amides is 1. The summed E-state index contributed by atoms with van der Waals surface area (Å²) in [5.74, 6) is 2.37. The van der Waals surface area contributed by atoms with Gasteiger partial charge >= 0.3 is 0 Å². The number of terminal acetylenes is 1. The van der Waals surface area contributed by atoms with Gasteiger partial charge in [-0.25, -0.2) is 0 Å². The van der Waals surface area contributed by atoms with Gasteiger partial charge in [-0.05, 0) is 12.5 Å². The van der Waals surface area contributed by atoms with Gasteiger partial charge in [0, 0.05) is 12.5 Å². The summed E-state index contributed by atoms with van der Waals surface area (Å²) in [6.07, 6.45) is 9.46. The first-order valence-electron chi connectivity index (χ1n) is 4.79. The molecular weight excluding hydrogens is 190 g/mol. The van der Waals surface area contributed by atoms with E-state index in [0.29, 0.717) is 12.0 Å². The highest BCUT2D eigenvalue weighted by molar-refractivity contribution is 5.93. The van der Waals surface area contributed by atoms with Gasteiger partial charge in [0.25, 0.3) is 5.91 Å². The van der Waals surface area contributed by atoms with Gasteiger partial charge in [0.05, 0.1) is 18.0 Å². The van der Waals surface area contributed by atoms with Gasteiger partial charge in [0.1, 0.15) is 0 Å². The largest absolute Gasteiger partial charge is 0.348 e. The lowest BCUT2D eigenvalue weighted by molar-refractivity contribution is 0.0936. The van der Waals surface area contributed by atoms with Gasteiger partial charge in [-0.15, -0.1) is 12.3 Å². The second kappa shape index (κ2) is 5.76. The third-order valence-corrected chi connectivity index (χ3v) is 2.04. The van der Waals surface area contributed by atoms with E-state index in [1.807, 2.05) is 6.92 Å². The predicted octanol–water partition coefficient (Wildman–Crippen LogP) is 1.01. The first kappa shape index (κ1) is 11.2. The fourth-order valence-electron chi connectivity index (χ4n) is 1.13. The van der Waals surface area contributed by atoms with Crippen molar-refractivity contribution in [2.45, 2.75) is 25.8 Å². The standard InChI is InChI=1S/C11H13N3O/c1-3-5-10(4-2)14-11(15)9-6-7-12-13-8-9/h1,6-8,10H,4-5H2,2H3,(H,14,15). The molecule has 1 rings (SSSR count). The maximum Gasteiger partial charge on any atom is 0.253 e. The molecule has 1 atom stereocenters. The summed E-state index contributed by atoms with van der Waals surface area (Å²) in [6.45, 7) is 1.98. The van der Waals surface area contributed by atoms with Crippen molar-refractivity contribution >= 4 is 5.91 Å². The van der Waals surface area contributed by atoms with E-state index in [0.717, 1.165) is 6.42 Å². The van der Waals surface area contributed by atoms with E-state index in [9.17, 15) is 4.79 Å². The van der Waals surface area contributed by atoms with Crippen LogP contribution in [0.4, 0.5) is 0 Å². The number of rotatable bonds is 4. The number of carbonyl (C=O) groups is 1. The third kappa shape index (κ3) is 3.39. The maximum atomic E-state index is 11.6. The van der Waals surface area contributed by atoms with E-state index in [1.165, 1.54) is 12.4 Å². The molecule has 0 saturated heterocycles. The summed E-state index contributed by atoms with van der Waals surface area (Å²) in [5.41, 5.74) is 0.500. The van der Waals surface area contributed by atoms with Crippen molar-refractivity contribution in [1.29, 1.82) is 0 Å². The molecular formula is C11H13N3O. The van der Waals surface area contributed by atoms with Crippen LogP contribution in [0.15, 0.2) is 18.5 Å². The van der Waals surface area contributed by atoms with E-state index < -0.39 is 0 Å². The fourth-order valence-corrected chi connectivity index (χ4v) is 1.13. The molecule has 0 spiro atoms. The second-order valence-corrected chi connectivity index (χ2v) is 3.12. The molecule has 0 saturated carbocycles. The quantitative estimate of drug-likeness (QED) is 0.743. The molecule has 1 N–H and O–H groups in total. The summed E-state index contributed by atoms with van der Waals surface area (Å²) in [4.78, 5) is 11.6. The van der Waals surface area contributed by atoms with Crippen molar-refractivity contribution in [3.05, 3.63) is 24.0 Å². The van der Waals surface area contributed by atoms with E-state index in [2.05, 4.69) is 21.4 Å². The van der Waals surface area contributed by atoms with Crippen LogP contribution in [0.2, 0.25) is 0 Å². The van der Waals surface area contributed by atoms with Crippen LogP contribution in [0, 0.1) is 12.3 Å². The topological polar surface area (TPSA) is 54.9 Å². The van der Waals surface area contributed by atoms with Crippen LogP contribution in [0.3, 0.4) is 0 Å². The molecule has 0 bridgehead atoms. The Bertz CT molecular complexity index is 356. The molecule has 4 heteroatoms. The molecule has 0 aliphatic rings. The third-order valence-electron chi connectivity index (χ3n) is 2.04. The molecule has 1 aromatic heterocycles. The van der Waals surface area contributed by atoms with Crippen LogP contribution in [-0.4, -0.2) is 22.1 Å². The van der Waals surface area contributed by atoms with Crippen molar-refractivity contribution < 1.29 is 4.79 Å². The highest BCUT2D eigenvalue weighted by Crippen LogP contribution is 2.00. The molecule has 0 radical (unpaired) electrons. The van der Waals surface area contributed by atoms with Gasteiger partial charge in [0.15, 0.2) is 0 Å². The summed E-state index contributed by atoms with van der Waals surface area (Å²) in [6, 6.07) is 1.64. The van der Waals surface area contributed by atoms with E-state index >= 15 is 0 Å². The number of hydrogen-bond donors (Lipinski definition) is 1. The minimum Gasteiger partial charge on any atom is -0.348 e. The second-order valence-electron chi connectivity index (χ2n) is 3.12. The normalized spacial score (nSPS) is 11.5. The zero-order valence-corrected chi connectivity index (χ0v) is 8.60. The van der Waals surface area contributed by atoms with Gasteiger partial charge in [0.2, 0.25) is 0 Å². The number of carbonyl (C=O) groups excluding carboxylic acids is 1. The highest BCUT2D eigenvalue weighted by Gasteiger charge is 2.10. The van der Waals surface area contributed by atoms with E-state index in [1.54, 1.807) is 6.07 Å². The lowest BCUT2D eigenvalue weighted by Gasteiger charge is -2.13. The molecule has 1 amide bonds. The summed E-state index contributed by atoms with van der Waals surface area (Å²) in [7, 11) is 0. The van der Waals surface area contributed by atoms with E-state index in [-0.39, 0.29) is 11.9 Å². The highest BCUT2D eigenvalue weighted by atomic mass is 16.1. The Labute approximate surface area is 89.1 Å². The Hall–Kier alpha value is -1.89. The molecule has 4 nitrogen and oxygen atoms in total.